The van der Waals surface area contributed by atoms with Crippen molar-refractivity contribution in [2.24, 2.45) is 4.99 Å². The molecule has 0 aromatic rings. The summed E-state index contributed by atoms with van der Waals surface area (Å²) in [5.74, 6) is 0. The van der Waals surface area contributed by atoms with E-state index in [1.807, 2.05) is 0 Å². The number of isocyanates is 1. The zero-order chi connectivity index (χ0) is 10.9. The van der Waals surface area contributed by atoms with Gasteiger partial charge in [0.25, 0.3) is 0 Å². The van der Waals surface area contributed by atoms with Crippen molar-refractivity contribution in [2.75, 3.05) is 13.7 Å². The van der Waals surface area contributed by atoms with Crippen LogP contribution in [0.25, 0.3) is 0 Å². The first-order chi connectivity index (χ1) is 6.74. The Morgan fingerprint density at radius 1 is 1.43 bits per heavy atom. The Bertz CT molecular complexity index is 187. The number of aliphatic imine (C=N–C) groups is 1. The lowest BCUT2D eigenvalue weighted by Gasteiger charge is -2.29. The summed E-state index contributed by atoms with van der Waals surface area (Å²) in [6.45, 7) is 5.06. The van der Waals surface area contributed by atoms with Gasteiger partial charge in [0.05, 0.1) is 6.54 Å². The van der Waals surface area contributed by atoms with Crippen LogP contribution in [0, 0.1) is 0 Å². The molecule has 0 N–H and O–H groups in total. The standard InChI is InChI=1S/C10H21NO2Si/c1-4-10(5-2,14-13-3)7-6-8-11-9-12/h4-8,14H2,1-3H3. The number of nitrogens with zero attached hydrogens (tertiary/aromatic N) is 1. The Labute approximate surface area is 88.9 Å². The summed E-state index contributed by atoms with van der Waals surface area (Å²) in [7, 11) is 1.36. The summed E-state index contributed by atoms with van der Waals surface area (Å²) in [5.41, 5.74) is 0. The summed E-state index contributed by atoms with van der Waals surface area (Å²) in [6, 6.07) is 0. The van der Waals surface area contributed by atoms with E-state index in [1.165, 1.54) is 12.8 Å². The fourth-order valence-electron chi connectivity index (χ4n) is 1.76. The van der Waals surface area contributed by atoms with Crippen LogP contribution in [0.3, 0.4) is 0 Å². The predicted molar refractivity (Wildman–Crippen MR) is 61.1 cm³/mol. The van der Waals surface area contributed by atoms with Gasteiger partial charge in [-0.15, -0.1) is 0 Å². The molecule has 0 bridgehead atoms. The molecule has 0 radical (unpaired) electrons. The van der Waals surface area contributed by atoms with E-state index in [1.54, 1.807) is 13.2 Å². The maximum absolute atomic E-state index is 9.89. The van der Waals surface area contributed by atoms with Crippen LogP contribution in [0.4, 0.5) is 0 Å². The minimum Gasteiger partial charge on any atom is -0.427 e. The number of carbonyl (C=O) groups excluding carboxylic acids is 1. The van der Waals surface area contributed by atoms with Crippen molar-refractivity contribution < 1.29 is 9.22 Å². The van der Waals surface area contributed by atoms with E-state index in [4.69, 9.17) is 4.43 Å². The van der Waals surface area contributed by atoms with E-state index in [2.05, 4.69) is 18.8 Å². The first-order valence-electron chi connectivity index (χ1n) is 5.27. The second-order valence-corrected chi connectivity index (χ2v) is 6.08. The highest BCUT2D eigenvalue weighted by molar-refractivity contribution is 6.32. The smallest absolute Gasteiger partial charge is 0.234 e. The van der Waals surface area contributed by atoms with Gasteiger partial charge in [0, 0.05) is 7.11 Å². The van der Waals surface area contributed by atoms with Gasteiger partial charge in [-0.2, -0.15) is 0 Å². The van der Waals surface area contributed by atoms with Crippen LogP contribution in [-0.4, -0.2) is 29.5 Å². The minimum atomic E-state index is -0.446. The fraction of sp³-hybridized carbons (Fsp3) is 0.900. The van der Waals surface area contributed by atoms with Crippen molar-refractivity contribution in [2.45, 2.75) is 44.6 Å². The molecular weight excluding hydrogens is 194 g/mol. The number of rotatable bonds is 8. The van der Waals surface area contributed by atoms with Gasteiger partial charge in [0.2, 0.25) is 6.08 Å². The molecule has 0 atom stereocenters. The summed E-state index contributed by atoms with van der Waals surface area (Å²) in [5, 5.41) is 0.410. The normalized spacial score (nSPS) is 11.9. The van der Waals surface area contributed by atoms with Gasteiger partial charge in [-0.05, 0) is 17.9 Å². The summed E-state index contributed by atoms with van der Waals surface area (Å²) >= 11 is 0. The third-order valence-corrected chi connectivity index (χ3v) is 5.25. The third-order valence-electron chi connectivity index (χ3n) is 2.99. The maximum Gasteiger partial charge on any atom is 0.234 e. The Balaban J connectivity index is 3.99. The fourth-order valence-corrected chi connectivity index (χ4v) is 3.18. The zero-order valence-corrected chi connectivity index (χ0v) is 10.9. The largest absolute Gasteiger partial charge is 0.427 e. The highest BCUT2D eigenvalue weighted by atomic mass is 28.2. The molecule has 4 heteroatoms. The van der Waals surface area contributed by atoms with Gasteiger partial charge in [0.15, 0.2) is 9.76 Å². The molecule has 0 aliphatic carbocycles. The molecule has 0 heterocycles. The molecule has 0 rings (SSSR count). The first kappa shape index (κ1) is 13.6. The molecule has 0 saturated carbocycles. The van der Waals surface area contributed by atoms with Crippen molar-refractivity contribution in [3.8, 4) is 0 Å². The molecule has 0 fully saturated rings. The van der Waals surface area contributed by atoms with Crippen molar-refractivity contribution >= 4 is 15.8 Å². The molecule has 3 nitrogen and oxygen atoms in total. The zero-order valence-electron chi connectivity index (χ0n) is 9.51. The van der Waals surface area contributed by atoms with Gasteiger partial charge in [-0.3, -0.25) is 0 Å². The van der Waals surface area contributed by atoms with Crippen molar-refractivity contribution in [1.29, 1.82) is 0 Å². The third kappa shape index (κ3) is 4.70. The van der Waals surface area contributed by atoms with E-state index in [-0.39, 0.29) is 0 Å². The van der Waals surface area contributed by atoms with E-state index < -0.39 is 9.76 Å². The molecule has 0 aliphatic rings. The average molecular weight is 215 g/mol. The molecule has 0 aromatic carbocycles. The lowest BCUT2D eigenvalue weighted by Crippen LogP contribution is -2.21. The maximum atomic E-state index is 9.89. The lowest BCUT2D eigenvalue weighted by atomic mass is 9.96. The van der Waals surface area contributed by atoms with Gasteiger partial charge < -0.3 is 4.43 Å². The second kappa shape index (κ2) is 7.91. The topological polar surface area (TPSA) is 38.7 Å². The van der Waals surface area contributed by atoms with Gasteiger partial charge >= 0.3 is 0 Å². The Morgan fingerprint density at radius 3 is 2.50 bits per heavy atom. The summed E-state index contributed by atoms with van der Waals surface area (Å²) < 4.78 is 5.38. The van der Waals surface area contributed by atoms with Crippen molar-refractivity contribution in [3.63, 3.8) is 0 Å². The SMILES string of the molecule is CCC(CC)(CCCN=C=O)[SiH2]OC. The van der Waals surface area contributed by atoms with Crippen LogP contribution in [0.2, 0.25) is 5.04 Å². The van der Waals surface area contributed by atoms with Crippen LogP contribution in [-0.2, 0) is 9.22 Å². The highest BCUT2D eigenvalue weighted by Crippen LogP contribution is 2.38. The summed E-state index contributed by atoms with van der Waals surface area (Å²) in [6.07, 6.45) is 6.04. The van der Waals surface area contributed by atoms with E-state index in [0.717, 1.165) is 12.8 Å². The molecule has 82 valence electrons. The molecule has 0 aromatic heterocycles. The Kier molecular flexibility index (Phi) is 7.66. The molecule has 0 amide bonds. The Morgan fingerprint density at radius 2 is 2.07 bits per heavy atom. The highest BCUT2D eigenvalue weighted by Gasteiger charge is 2.26. The molecule has 0 spiro atoms. The van der Waals surface area contributed by atoms with Crippen LogP contribution in [0.5, 0.6) is 0 Å². The quantitative estimate of drug-likeness (QED) is 0.268. The van der Waals surface area contributed by atoms with E-state index >= 15 is 0 Å². The van der Waals surface area contributed by atoms with Crippen LogP contribution < -0.4 is 0 Å². The number of hydrogen-bond acceptors (Lipinski definition) is 3. The number of hydrogen-bond donors (Lipinski definition) is 0. The predicted octanol–water partition coefficient (Wildman–Crippen LogP) is 1.81. The average Bonchev–Trinajstić information content (AvgIpc) is 2.23. The second-order valence-electron chi connectivity index (χ2n) is 3.72. The molecule has 14 heavy (non-hydrogen) atoms. The monoisotopic (exact) mass is 215 g/mol. The van der Waals surface area contributed by atoms with Gasteiger partial charge in [0.1, 0.15) is 0 Å². The first-order valence-corrected chi connectivity index (χ1v) is 6.55. The van der Waals surface area contributed by atoms with E-state index in [0.29, 0.717) is 11.6 Å². The van der Waals surface area contributed by atoms with Gasteiger partial charge in [-0.25, -0.2) is 9.79 Å². The summed E-state index contributed by atoms with van der Waals surface area (Å²) in [4.78, 5) is 13.5. The van der Waals surface area contributed by atoms with Crippen molar-refractivity contribution in [1.82, 2.24) is 0 Å². The van der Waals surface area contributed by atoms with Crippen LogP contribution in [0.1, 0.15) is 39.5 Å². The molecular formula is C10H21NO2Si. The lowest BCUT2D eigenvalue weighted by molar-refractivity contribution is 0.363. The molecule has 0 unspecified atom stereocenters. The molecule has 0 aliphatic heterocycles. The van der Waals surface area contributed by atoms with E-state index in [9.17, 15) is 4.79 Å². The Hall–Kier alpha value is -0.443. The minimum absolute atomic E-state index is 0.410. The van der Waals surface area contributed by atoms with Crippen LogP contribution in [0.15, 0.2) is 4.99 Å². The van der Waals surface area contributed by atoms with Crippen molar-refractivity contribution in [3.05, 3.63) is 0 Å². The van der Waals surface area contributed by atoms with Crippen LogP contribution >= 0.6 is 0 Å². The molecule has 0 saturated heterocycles. The van der Waals surface area contributed by atoms with Gasteiger partial charge in [-0.1, -0.05) is 26.7 Å².